The lowest BCUT2D eigenvalue weighted by atomic mass is 10.1. The summed E-state index contributed by atoms with van der Waals surface area (Å²) in [4.78, 5) is 4.47. The van der Waals surface area contributed by atoms with Crippen LogP contribution in [0.5, 0.6) is 11.5 Å². The summed E-state index contributed by atoms with van der Waals surface area (Å²) in [6, 6.07) is 6.44. The highest BCUT2D eigenvalue weighted by Gasteiger charge is 2.16. The third kappa shape index (κ3) is 2.50. The van der Waals surface area contributed by atoms with Crippen molar-refractivity contribution in [1.82, 2.24) is 4.98 Å². The van der Waals surface area contributed by atoms with Crippen LogP contribution in [0.2, 0.25) is 0 Å². The fraction of sp³-hybridized carbons (Fsp3) is 0.438. The molecule has 0 bridgehead atoms. The molecule has 2 heterocycles. The van der Waals surface area contributed by atoms with Crippen LogP contribution < -0.4 is 14.8 Å². The molecule has 0 saturated carbocycles. The van der Waals surface area contributed by atoms with Crippen molar-refractivity contribution in [2.75, 3.05) is 12.1 Å². The van der Waals surface area contributed by atoms with Gasteiger partial charge in [-0.15, -0.1) is 0 Å². The van der Waals surface area contributed by atoms with Gasteiger partial charge in [-0.3, -0.25) is 0 Å². The number of anilines is 1. The Bertz CT molecular complexity index is 613. The van der Waals surface area contributed by atoms with Crippen molar-refractivity contribution in [3.63, 3.8) is 0 Å². The zero-order chi connectivity index (χ0) is 13.9. The first-order valence-corrected chi connectivity index (χ1v) is 7.23. The second kappa shape index (κ2) is 5.57. The monoisotopic (exact) mass is 272 g/mol. The Morgan fingerprint density at radius 1 is 1.30 bits per heavy atom. The van der Waals surface area contributed by atoms with Gasteiger partial charge in [-0.2, -0.15) is 0 Å². The Hall–Kier alpha value is -1.97. The zero-order valence-corrected chi connectivity index (χ0v) is 12.0. The van der Waals surface area contributed by atoms with Crippen molar-refractivity contribution in [3.8, 4) is 11.5 Å². The summed E-state index contributed by atoms with van der Waals surface area (Å²) in [5.74, 6) is 2.54. The second-order valence-electron chi connectivity index (χ2n) is 5.27. The van der Waals surface area contributed by atoms with E-state index in [1.165, 1.54) is 12.8 Å². The molecule has 0 aliphatic carbocycles. The Kier molecular flexibility index (Phi) is 3.63. The summed E-state index contributed by atoms with van der Waals surface area (Å²) in [6.45, 7) is 4.71. The van der Waals surface area contributed by atoms with Crippen LogP contribution in [0, 0.1) is 0 Å². The van der Waals surface area contributed by atoms with Gasteiger partial charge in [0.2, 0.25) is 6.79 Å². The predicted molar refractivity (Wildman–Crippen MR) is 80.5 cm³/mol. The Balaban J connectivity index is 1.91. The maximum atomic E-state index is 5.45. The summed E-state index contributed by atoms with van der Waals surface area (Å²) in [6.07, 6.45) is 5.43. The van der Waals surface area contributed by atoms with Gasteiger partial charge in [-0.25, -0.2) is 4.98 Å². The van der Waals surface area contributed by atoms with Crippen molar-refractivity contribution in [3.05, 3.63) is 24.4 Å². The van der Waals surface area contributed by atoms with E-state index < -0.39 is 0 Å². The number of pyridine rings is 1. The van der Waals surface area contributed by atoms with Gasteiger partial charge >= 0.3 is 0 Å². The number of nitrogens with one attached hydrogen (secondary N) is 1. The average molecular weight is 272 g/mol. The van der Waals surface area contributed by atoms with Crippen LogP contribution in [0.3, 0.4) is 0 Å². The van der Waals surface area contributed by atoms with Crippen molar-refractivity contribution >= 4 is 16.6 Å². The van der Waals surface area contributed by atoms with Crippen molar-refractivity contribution in [2.45, 2.75) is 39.2 Å². The third-order valence-corrected chi connectivity index (χ3v) is 3.63. The Morgan fingerprint density at radius 2 is 2.10 bits per heavy atom. The van der Waals surface area contributed by atoms with E-state index in [2.05, 4.69) is 24.1 Å². The summed E-state index contributed by atoms with van der Waals surface area (Å²) in [5, 5.41) is 5.71. The molecule has 0 saturated heterocycles. The molecule has 4 heteroatoms. The van der Waals surface area contributed by atoms with E-state index in [0.717, 1.165) is 34.5 Å². The van der Waals surface area contributed by atoms with Gasteiger partial charge in [-0.05, 0) is 36.9 Å². The maximum absolute atomic E-state index is 5.45. The Labute approximate surface area is 119 Å². The van der Waals surface area contributed by atoms with Gasteiger partial charge in [0, 0.05) is 17.6 Å². The highest BCUT2D eigenvalue weighted by molar-refractivity contribution is 5.94. The fourth-order valence-electron chi connectivity index (χ4n) is 2.49. The third-order valence-electron chi connectivity index (χ3n) is 3.63. The average Bonchev–Trinajstić information content (AvgIpc) is 2.90. The molecule has 1 aromatic carbocycles. The predicted octanol–water partition coefficient (Wildman–Crippen LogP) is 3.95. The molecule has 2 aromatic rings. The zero-order valence-electron chi connectivity index (χ0n) is 12.0. The van der Waals surface area contributed by atoms with E-state index >= 15 is 0 Å². The number of nitrogens with zero attached hydrogens (tertiary/aromatic N) is 1. The van der Waals surface area contributed by atoms with Crippen LogP contribution >= 0.6 is 0 Å². The number of rotatable bonds is 5. The van der Waals surface area contributed by atoms with E-state index in [4.69, 9.17) is 9.47 Å². The molecule has 1 unspecified atom stereocenters. The second-order valence-corrected chi connectivity index (χ2v) is 5.27. The van der Waals surface area contributed by atoms with Crippen molar-refractivity contribution < 1.29 is 9.47 Å². The number of benzene rings is 1. The standard InChI is InChI=1S/C16H20N2O2/c1-3-4-5-11(2)18-16-13-9-15-14(19-10-20-15)8-12(13)6-7-17-16/h6-9,11H,3-5,10H2,1-2H3,(H,17,18). The normalized spacial score (nSPS) is 14.5. The molecule has 1 atom stereocenters. The SMILES string of the molecule is CCCCC(C)Nc1nccc2cc3c(cc12)OCO3. The van der Waals surface area contributed by atoms with Crippen molar-refractivity contribution in [1.29, 1.82) is 0 Å². The quantitative estimate of drug-likeness (QED) is 0.895. The van der Waals surface area contributed by atoms with Gasteiger partial charge in [-0.1, -0.05) is 19.8 Å². The highest BCUT2D eigenvalue weighted by atomic mass is 16.7. The van der Waals surface area contributed by atoms with E-state index in [1.54, 1.807) is 0 Å². The van der Waals surface area contributed by atoms with Crippen LogP contribution in [0.1, 0.15) is 33.1 Å². The minimum atomic E-state index is 0.300. The molecule has 3 rings (SSSR count). The molecule has 1 N–H and O–H groups in total. The van der Waals surface area contributed by atoms with E-state index in [1.807, 2.05) is 24.4 Å². The summed E-state index contributed by atoms with van der Waals surface area (Å²) < 4.78 is 10.9. The van der Waals surface area contributed by atoms with E-state index in [9.17, 15) is 0 Å². The van der Waals surface area contributed by atoms with Gasteiger partial charge in [0.15, 0.2) is 11.5 Å². The lowest BCUT2D eigenvalue weighted by Crippen LogP contribution is -2.15. The molecule has 1 aliphatic rings. The maximum Gasteiger partial charge on any atom is 0.231 e. The number of ether oxygens (including phenoxy) is 2. The Morgan fingerprint density at radius 3 is 2.90 bits per heavy atom. The lowest BCUT2D eigenvalue weighted by molar-refractivity contribution is 0.174. The smallest absolute Gasteiger partial charge is 0.231 e. The highest BCUT2D eigenvalue weighted by Crippen LogP contribution is 2.37. The number of unbranched alkanes of at least 4 members (excludes halogenated alkanes) is 1. The number of hydrogen-bond donors (Lipinski definition) is 1. The van der Waals surface area contributed by atoms with Crippen LogP contribution in [-0.2, 0) is 0 Å². The molecule has 106 valence electrons. The van der Waals surface area contributed by atoms with Gasteiger partial charge in [0.25, 0.3) is 0 Å². The van der Waals surface area contributed by atoms with E-state index in [-0.39, 0.29) is 0 Å². The number of hydrogen-bond acceptors (Lipinski definition) is 4. The van der Waals surface area contributed by atoms with Gasteiger partial charge < -0.3 is 14.8 Å². The summed E-state index contributed by atoms with van der Waals surface area (Å²) in [5.41, 5.74) is 0. The molecule has 4 nitrogen and oxygen atoms in total. The van der Waals surface area contributed by atoms with Crippen LogP contribution in [0.4, 0.5) is 5.82 Å². The molecule has 0 spiro atoms. The minimum absolute atomic E-state index is 0.300. The first-order chi connectivity index (χ1) is 9.78. The van der Waals surface area contributed by atoms with Crippen LogP contribution in [-0.4, -0.2) is 17.8 Å². The molecular formula is C16H20N2O2. The van der Waals surface area contributed by atoms with Gasteiger partial charge in [0.05, 0.1) is 0 Å². The van der Waals surface area contributed by atoms with Crippen molar-refractivity contribution in [2.24, 2.45) is 0 Å². The summed E-state index contributed by atoms with van der Waals surface area (Å²) >= 11 is 0. The topological polar surface area (TPSA) is 43.4 Å². The molecular weight excluding hydrogens is 252 g/mol. The molecule has 0 fully saturated rings. The minimum Gasteiger partial charge on any atom is -0.454 e. The number of aromatic nitrogens is 1. The molecule has 0 radical (unpaired) electrons. The number of fused-ring (bicyclic) bond motifs is 2. The fourth-order valence-corrected chi connectivity index (χ4v) is 2.49. The first-order valence-electron chi connectivity index (χ1n) is 7.23. The van der Waals surface area contributed by atoms with E-state index in [0.29, 0.717) is 12.8 Å². The lowest BCUT2D eigenvalue weighted by Gasteiger charge is -2.15. The molecule has 1 aliphatic heterocycles. The first kappa shape index (κ1) is 13.0. The van der Waals surface area contributed by atoms with Crippen LogP contribution in [0.25, 0.3) is 10.8 Å². The molecule has 20 heavy (non-hydrogen) atoms. The largest absolute Gasteiger partial charge is 0.454 e. The van der Waals surface area contributed by atoms with Gasteiger partial charge in [0.1, 0.15) is 5.82 Å². The van der Waals surface area contributed by atoms with Crippen LogP contribution in [0.15, 0.2) is 24.4 Å². The summed E-state index contributed by atoms with van der Waals surface area (Å²) in [7, 11) is 0. The molecule has 1 aromatic heterocycles. The molecule has 0 amide bonds.